The van der Waals surface area contributed by atoms with Crippen molar-refractivity contribution in [2.24, 2.45) is 0 Å². The lowest BCUT2D eigenvalue weighted by atomic mass is 10.1. The number of anilines is 1. The molecule has 0 saturated carbocycles. The van der Waals surface area contributed by atoms with Gasteiger partial charge in [0.15, 0.2) is 0 Å². The Bertz CT molecular complexity index is 888. The molecule has 0 unspecified atom stereocenters. The summed E-state index contributed by atoms with van der Waals surface area (Å²) in [6, 6.07) is 18.7. The van der Waals surface area contributed by atoms with E-state index in [0.717, 1.165) is 29.2 Å². The van der Waals surface area contributed by atoms with Crippen molar-refractivity contribution in [1.82, 2.24) is 4.98 Å². The fourth-order valence-electron chi connectivity index (χ4n) is 3.47. The van der Waals surface area contributed by atoms with Crippen molar-refractivity contribution >= 4 is 22.9 Å². The van der Waals surface area contributed by atoms with Crippen LogP contribution >= 0.6 is 11.3 Å². The number of hydrogen-bond donors (Lipinski definition) is 0. The topological polar surface area (TPSA) is 33.2 Å². The normalized spacial score (nSPS) is 16.0. The van der Waals surface area contributed by atoms with E-state index in [1.807, 2.05) is 46.7 Å². The van der Waals surface area contributed by atoms with Crippen LogP contribution in [-0.4, -0.2) is 16.9 Å². The highest BCUT2D eigenvalue weighted by Crippen LogP contribution is 2.32. The largest absolute Gasteiger partial charge is 0.309 e. The van der Waals surface area contributed by atoms with Gasteiger partial charge in [-0.3, -0.25) is 4.79 Å². The third-order valence-corrected chi connectivity index (χ3v) is 5.50. The first kappa shape index (κ1) is 16.0. The molecule has 1 aromatic heterocycles. The van der Waals surface area contributed by atoms with E-state index in [4.69, 9.17) is 0 Å². The van der Waals surface area contributed by atoms with Crippen molar-refractivity contribution in [3.63, 3.8) is 0 Å². The number of fused-ring (bicyclic) bond motifs is 1. The van der Waals surface area contributed by atoms with Gasteiger partial charge in [-0.15, -0.1) is 11.3 Å². The summed E-state index contributed by atoms with van der Waals surface area (Å²) in [5.41, 5.74) is 4.43. The van der Waals surface area contributed by atoms with Crippen LogP contribution in [0.5, 0.6) is 0 Å². The van der Waals surface area contributed by atoms with Gasteiger partial charge in [0.05, 0.1) is 17.1 Å². The van der Waals surface area contributed by atoms with E-state index < -0.39 is 0 Å². The van der Waals surface area contributed by atoms with Gasteiger partial charge in [0.25, 0.3) is 0 Å². The number of carbonyl (C=O) groups is 1. The van der Waals surface area contributed by atoms with Crippen molar-refractivity contribution in [1.29, 1.82) is 0 Å². The number of benzene rings is 2. The van der Waals surface area contributed by atoms with E-state index in [0.29, 0.717) is 6.42 Å². The van der Waals surface area contributed by atoms with Crippen LogP contribution in [0.25, 0.3) is 0 Å². The second-order valence-corrected chi connectivity index (χ2v) is 7.46. The van der Waals surface area contributed by atoms with Gasteiger partial charge < -0.3 is 4.90 Å². The summed E-state index contributed by atoms with van der Waals surface area (Å²) in [4.78, 5) is 19.5. The molecule has 2 aromatic carbocycles. The first-order chi connectivity index (χ1) is 12.2. The van der Waals surface area contributed by atoms with Crippen LogP contribution in [0.15, 0.2) is 60.0 Å². The Morgan fingerprint density at radius 1 is 1.16 bits per heavy atom. The molecule has 0 aliphatic carbocycles. The van der Waals surface area contributed by atoms with Gasteiger partial charge in [-0.1, -0.05) is 48.5 Å². The van der Waals surface area contributed by atoms with Crippen LogP contribution in [0, 0.1) is 0 Å². The van der Waals surface area contributed by atoms with Gasteiger partial charge in [-0.05, 0) is 30.5 Å². The van der Waals surface area contributed by atoms with Crippen molar-refractivity contribution in [3.8, 4) is 0 Å². The lowest BCUT2D eigenvalue weighted by Gasteiger charge is -2.22. The number of thiazole rings is 1. The van der Waals surface area contributed by atoms with Crippen molar-refractivity contribution < 1.29 is 4.79 Å². The molecule has 3 aromatic rings. The minimum absolute atomic E-state index is 0.133. The molecular weight excluding hydrogens is 328 g/mol. The summed E-state index contributed by atoms with van der Waals surface area (Å²) < 4.78 is 0. The van der Waals surface area contributed by atoms with Crippen molar-refractivity contribution in [2.75, 3.05) is 4.90 Å². The molecule has 0 radical (unpaired) electrons. The Balaban J connectivity index is 1.47. The molecule has 126 valence electrons. The third kappa shape index (κ3) is 3.35. The highest BCUT2D eigenvalue weighted by molar-refractivity contribution is 7.09. The zero-order chi connectivity index (χ0) is 17.2. The van der Waals surface area contributed by atoms with E-state index in [2.05, 4.69) is 30.1 Å². The number of amides is 1. The maximum absolute atomic E-state index is 12.8. The first-order valence-corrected chi connectivity index (χ1v) is 9.46. The minimum atomic E-state index is 0.133. The van der Waals surface area contributed by atoms with E-state index >= 15 is 0 Å². The quantitative estimate of drug-likeness (QED) is 0.706. The number of para-hydroxylation sites is 1. The molecule has 25 heavy (non-hydrogen) atoms. The van der Waals surface area contributed by atoms with Gasteiger partial charge in [-0.25, -0.2) is 4.98 Å². The SMILES string of the molecule is C[C@@H]1Cc2ccccc2N1C(=O)Cc1csc(Cc2ccccc2)n1. The summed E-state index contributed by atoms with van der Waals surface area (Å²) in [5, 5.41) is 3.08. The average molecular weight is 348 g/mol. The zero-order valence-electron chi connectivity index (χ0n) is 14.2. The van der Waals surface area contributed by atoms with E-state index in [1.54, 1.807) is 11.3 Å². The van der Waals surface area contributed by atoms with Gasteiger partial charge in [0, 0.05) is 23.5 Å². The third-order valence-electron chi connectivity index (χ3n) is 4.61. The van der Waals surface area contributed by atoms with E-state index in [-0.39, 0.29) is 11.9 Å². The summed E-state index contributed by atoms with van der Waals surface area (Å²) >= 11 is 1.63. The first-order valence-electron chi connectivity index (χ1n) is 8.58. The Morgan fingerprint density at radius 2 is 1.92 bits per heavy atom. The number of aromatic nitrogens is 1. The van der Waals surface area contributed by atoms with Gasteiger partial charge in [0.1, 0.15) is 0 Å². The van der Waals surface area contributed by atoms with Crippen molar-refractivity contribution in [2.45, 2.75) is 32.2 Å². The fraction of sp³-hybridized carbons (Fsp3) is 0.238. The summed E-state index contributed by atoms with van der Waals surface area (Å²) in [5.74, 6) is 0.133. The zero-order valence-corrected chi connectivity index (χ0v) is 15.0. The monoisotopic (exact) mass is 348 g/mol. The molecule has 3 nitrogen and oxygen atoms in total. The molecule has 0 saturated heterocycles. The van der Waals surface area contributed by atoms with Crippen LogP contribution in [0.3, 0.4) is 0 Å². The van der Waals surface area contributed by atoms with E-state index in [9.17, 15) is 4.79 Å². The molecule has 1 amide bonds. The lowest BCUT2D eigenvalue weighted by Crippen LogP contribution is -2.36. The van der Waals surface area contributed by atoms with Crippen LogP contribution in [0.4, 0.5) is 5.69 Å². The predicted molar refractivity (Wildman–Crippen MR) is 102 cm³/mol. The Kier molecular flexibility index (Phi) is 4.36. The number of nitrogens with zero attached hydrogens (tertiary/aromatic N) is 2. The second kappa shape index (κ2) is 6.81. The second-order valence-electron chi connectivity index (χ2n) is 6.52. The molecule has 0 N–H and O–H groups in total. The highest BCUT2D eigenvalue weighted by atomic mass is 32.1. The molecule has 1 aliphatic rings. The number of carbonyl (C=O) groups excluding carboxylic acids is 1. The average Bonchev–Trinajstić information content (AvgIpc) is 3.18. The Labute approximate surface area is 152 Å². The Hall–Kier alpha value is -2.46. The summed E-state index contributed by atoms with van der Waals surface area (Å²) in [6.45, 7) is 2.11. The predicted octanol–water partition coefficient (Wildman–Crippen LogP) is 4.25. The molecular formula is C21H20N2OS. The molecule has 1 aliphatic heterocycles. The van der Waals surface area contributed by atoms with Crippen molar-refractivity contribution in [3.05, 3.63) is 81.8 Å². The van der Waals surface area contributed by atoms with Crippen LogP contribution in [0.1, 0.15) is 28.8 Å². The number of rotatable bonds is 4. The molecule has 0 fully saturated rings. The van der Waals surface area contributed by atoms with Gasteiger partial charge in [0.2, 0.25) is 5.91 Å². The molecule has 4 heteroatoms. The fourth-order valence-corrected chi connectivity index (χ4v) is 4.30. The van der Waals surface area contributed by atoms with Crippen LogP contribution < -0.4 is 4.90 Å². The standard InChI is InChI=1S/C21H20N2OS/c1-15-11-17-9-5-6-10-19(17)23(15)21(24)13-18-14-25-20(22-18)12-16-7-3-2-4-8-16/h2-10,14-15H,11-13H2,1H3/t15-/m1/s1. The minimum Gasteiger partial charge on any atom is -0.309 e. The molecule has 1 atom stereocenters. The van der Waals surface area contributed by atoms with Gasteiger partial charge in [-0.2, -0.15) is 0 Å². The van der Waals surface area contributed by atoms with Crippen LogP contribution in [0.2, 0.25) is 0 Å². The maximum atomic E-state index is 12.8. The molecule has 2 heterocycles. The summed E-state index contributed by atoms with van der Waals surface area (Å²) in [7, 11) is 0. The van der Waals surface area contributed by atoms with E-state index in [1.165, 1.54) is 11.1 Å². The lowest BCUT2D eigenvalue weighted by molar-refractivity contribution is -0.118. The molecule has 4 rings (SSSR count). The maximum Gasteiger partial charge on any atom is 0.233 e. The molecule has 0 spiro atoms. The molecule has 0 bridgehead atoms. The van der Waals surface area contributed by atoms with Gasteiger partial charge >= 0.3 is 0 Å². The Morgan fingerprint density at radius 3 is 2.76 bits per heavy atom. The van der Waals surface area contributed by atoms with Crippen LogP contribution in [-0.2, 0) is 24.1 Å². The summed E-state index contributed by atoms with van der Waals surface area (Å²) in [6.07, 6.45) is 2.12. The highest BCUT2D eigenvalue weighted by Gasteiger charge is 2.30. The number of hydrogen-bond acceptors (Lipinski definition) is 3. The smallest absolute Gasteiger partial charge is 0.233 e.